The maximum atomic E-state index is 6.02. The summed E-state index contributed by atoms with van der Waals surface area (Å²) < 4.78 is 40.5. The lowest BCUT2D eigenvalue weighted by Crippen LogP contribution is -2.22. The Bertz CT molecular complexity index is 754. The standard InChI is InChI=1S/C52H102O7/c1-7-45-55-51(56-46-8-2)43-39-35-31-27-23-19-15-11-13-17-21-25-29-33-37-41-49(53-5)59-50(54-6)42-38-34-30-26-22-18-14-12-16-20-24-28-32-36-40-44-52(57-47-9-3)58-48-10-4/h37-38,41-42,49-52H,7-36,39-40,43-48H2,1-6H3. The van der Waals surface area contributed by atoms with Crippen molar-refractivity contribution in [3.05, 3.63) is 24.3 Å². The molecule has 0 fully saturated rings. The molecule has 0 aromatic heterocycles. The van der Waals surface area contributed by atoms with E-state index in [1.54, 1.807) is 14.2 Å². The van der Waals surface area contributed by atoms with Gasteiger partial charge in [0.1, 0.15) is 0 Å². The summed E-state index contributed by atoms with van der Waals surface area (Å²) in [5.41, 5.74) is 0. The number of methoxy groups -OCH3 is 2. The zero-order chi connectivity index (χ0) is 43.0. The number of allylic oxidation sites excluding steroid dienone is 2. The topological polar surface area (TPSA) is 64.6 Å². The Morgan fingerprint density at radius 2 is 0.559 bits per heavy atom. The Hall–Kier alpha value is -0.800. The summed E-state index contributed by atoms with van der Waals surface area (Å²) in [5.74, 6) is 0. The second kappa shape index (κ2) is 49.9. The maximum Gasteiger partial charge on any atom is 0.179 e. The van der Waals surface area contributed by atoms with Gasteiger partial charge in [0.05, 0.1) is 0 Å². The summed E-state index contributed by atoms with van der Waals surface area (Å²) in [7, 11) is 3.40. The van der Waals surface area contributed by atoms with E-state index in [-0.39, 0.29) is 25.2 Å². The molecule has 0 bridgehead atoms. The molecule has 2 atom stereocenters. The van der Waals surface area contributed by atoms with Crippen molar-refractivity contribution in [2.75, 3.05) is 40.6 Å². The van der Waals surface area contributed by atoms with E-state index in [4.69, 9.17) is 33.2 Å². The van der Waals surface area contributed by atoms with Gasteiger partial charge >= 0.3 is 0 Å². The molecule has 0 heterocycles. The lowest BCUT2D eigenvalue weighted by Gasteiger charge is -2.18. The predicted octanol–water partition coefficient (Wildman–Crippen LogP) is 16.1. The third-order valence-electron chi connectivity index (χ3n) is 11.0. The van der Waals surface area contributed by atoms with Crippen molar-refractivity contribution in [1.82, 2.24) is 0 Å². The van der Waals surface area contributed by atoms with Crippen molar-refractivity contribution >= 4 is 0 Å². The summed E-state index contributed by atoms with van der Waals surface area (Å²) in [5, 5.41) is 0. The average Bonchev–Trinajstić information content (AvgIpc) is 3.25. The monoisotopic (exact) mass is 839 g/mol. The Morgan fingerprint density at radius 1 is 0.322 bits per heavy atom. The van der Waals surface area contributed by atoms with Gasteiger partial charge in [-0.25, -0.2) is 0 Å². The minimum atomic E-state index is -0.383. The number of hydrogen-bond acceptors (Lipinski definition) is 7. The third kappa shape index (κ3) is 43.6. The molecule has 352 valence electrons. The highest BCUT2D eigenvalue weighted by atomic mass is 16.8. The molecule has 7 heteroatoms. The van der Waals surface area contributed by atoms with Crippen LogP contribution in [0.1, 0.15) is 246 Å². The second-order valence-corrected chi connectivity index (χ2v) is 16.9. The van der Waals surface area contributed by atoms with Crippen LogP contribution in [0, 0.1) is 0 Å². The molecule has 0 radical (unpaired) electrons. The van der Waals surface area contributed by atoms with Crippen LogP contribution in [0.15, 0.2) is 24.3 Å². The Labute approximate surface area is 368 Å². The SMILES string of the molecule is CCCOC(CCCCCCCCCCCCCCCC=CC(OC)OC(C=CCCCCCCCCCCCCCCCC(OCCC)OCCC)OC)OCCC. The quantitative estimate of drug-likeness (QED) is 0.0343. The fourth-order valence-corrected chi connectivity index (χ4v) is 7.37. The summed E-state index contributed by atoms with van der Waals surface area (Å²) in [4.78, 5) is 0. The summed E-state index contributed by atoms with van der Waals surface area (Å²) in [6.45, 7) is 11.9. The van der Waals surface area contributed by atoms with E-state index in [0.717, 1.165) is 77.8 Å². The zero-order valence-corrected chi connectivity index (χ0v) is 40.3. The van der Waals surface area contributed by atoms with Crippen LogP contribution in [0.5, 0.6) is 0 Å². The van der Waals surface area contributed by atoms with E-state index in [0.29, 0.717) is 0 Å². The maximum absolute atomic E-state index is 6.02. The van der Waals surface area contributed by atoms with Crippen LogP contribution in [0.2, 0.25) is 0 Å². The molecule has 0 amide bonds. The summed E-state index contributed by atoms with van der Waals surface area (Å²) in [6, 6.07) is 0. The van der Waals surface area contributed by atoms with Crippen molar-refractivity contribution in [1.29, 1.82) is 0 Å². The van der Waals surface area contributed by atoms with Gasteiger partial charge in [0.15, 0.2) is 25.2 Å². The van der Waals surface area contributed by atoms with Crippen molar-refractivity contribution in [3.63, 3.8) is 0 Å². The van der Waals surface area contributed by atoms with Crippen LogP contribution in [0.25, 0.3) is 0 Å². The van der Waals surface area contributed by atoms with Crippen molar-refractivity contribution < 1.29 is 33.2 Å². The fraction of sp³-hybridized carbons (Fsp3) is 0.923. The van der Waals surface area contributed by atoms with Gasteiger partial charge in [0.2, 0.25) is 0 Å². The molecular formula is C52H102O7. The molecule has 0 saturated carbocycles. The van der Waals surface area contributed by atoms with E-state index in [1.165, 1.54) is 167 Å². The van der Waals surface area contributed by atoms with Gasteiger partial charge in [0, 0.05) is 40.6 Å². The Balaban J connectivity index is 3.67. The molecule has 0 rings (SSSR count). The van der Waals surface area contributed by atoms with Crippen LogP contribution in [0.4, 0.5) is 0 Å². The molecule has 0 aromatic carbocycles. The number of hydrogen-bond donors (Lipinski definition) is 0. The molecule has 0 aliphatic heterocycles. The highest BCUT2D eigenvalue weighted by Gasteiger charge is 2.11. The molecule has 2 unspecified atom stereocenters. The third-order valence-corrected chi connectivity index (χ3v) is 11.0. The Morgan fingerprint density at radius 3 is 0.797 bits per heavy atom. The van der Waals surface area contributed by atoms with Gasteiger partial charge in [-0.05, 0) is 89.2 Å². The van der Waals surface area contributed by atoms with E-state index < -0.39 is 0 Å². The first-order valence-corrected chi connectivity index (χ1v) is 25.7. The first kappa shape index (κ1) is 58.2. The molecule has 0 aliphatic carbocycles. The van der Waals surface area contributed by atoms with Gasteiger partial charge in [0.25, 0.3) is 0 Å². The lowest BCUT2D eigenvalue weighted by molar-refractivity contribution is -0.188. The minimum Gasteiger partial charge on any atom is -0.353 e. The van der Waals surface area contributed by atoms with Crippen LogP contribution >= 0.6 is 0 Å². The smallest absolute Gasteiger partial charge is 0.179 e. The van der Waals surface area contributed by atoms with Gasteiger partial charge in [-0.15, -0.1) is 0 Å². The number of unbranched alkanes of at least 4 members (excludes halogenated alkanes) is 26. The van der Waals surface area contributed by atoms with E-state index in [1.807, 2.05) is 12.2 Å². The minimum absolute atomic E-state index is 0.00974. The van der Waals surface area contributed by atoms with E-state index in [2.05, 4.69) is 39.8 Å². The van der Waals surface area contributed by atoms with Gasteiger partial charge in [-0.2, -0.15) is 0 Å². The first-order chi connectivity index (χ1) is 29.1. The molecule has 7 nitrogen and oxygen atoms in total. The highest BCUT2D eigenvalue weighted by molar-refractivity contribution is 4.89. The summed E-state index contributed by atoms with van der Waals surface area (Å²) in [6.07, 6.45) is 51.0. The molecule has 0 spiro atoms. The number of ether oxygens (including phenoxy) is 7. The lowest BCUT2D eigenvalue weighted by atomic mass is 10.0. The van der Waals surface area contributed by atoms with Gasteiger partial charge in [-0.1, -0.05) is 181 Å². The van der Waals surface area contributed by atoms with Crippen molar-refractivity contribution in [2.45, 2.75) is 271 Å². The normalized spacial score (nSPS) is 13.3. The van der Waals surface area contributed by atoms with Crippen molar-refractivity contribution in [2.24, 2.45) is 0 Å². The molecular weight excluding hydrogens is 737 g/mol. The van der Waals surface area contributed by atoms with Crippen molar-refractivity contribution in [3.8, 4) is 0 Å². The fourth-order valence-electron chi connectivity index (χ4n) is 7.37. The molecule has 59 heavy (non-hydrogen) atoms. The second-order valence-electron chi connectivity index (χ2n) is 16.9. The van der Waals surface area contributed by atoms with Crippen LogP contribution in [-0.4, -0.2) is 65.8 Å². The number of rotatable bonds is 50. The molecule has 0 saturated heterocycles. The van der Waals surface area contributed by atoms with E-state index in [9.17, 15) is 0 Å². The van der Waals surface area contributed by atoms with Crippen LogP contribution in [0.3, 0.4) is 0 Å². The molecule has 0 aromatic rings. The van der Waals surface area contributed by atoms with Gasteiger partial charge < -0.3 is 33.2 Å². The average molecular weight is 839 g/mol. The molecule has 0 N–H and O–H groups in total. The van der Waals surface area contributed by atoms with Crippen LogP contribution < -0.4 is 0 Å². The van der Waals surface area contributed by atoms with Gasteiger partial charge in [-0.3, -0.25) is 0 Å². The first-order valence-electron chi connectivity index (χ1n) is 25.7. The molecule has 0 aliphatic rings. The largest absolute Gasteiger partial charge is 0.353 e. The highest BCUT2D eigenvalue weighted by Crippen LogP contribution is 2.17. The zero-order valence-electron chi connectivity index (χ0n) is 40.3. The predicted molar refractivity (Wildman–Crippen MR) is 252 cm³/mol. The summed E-state index contributed by atoms with van der Waals surface area (Å²) >= 11 is 0. The van der Waals surface area contributed by atoms with Crippen LogP contribution in [-0.2, 0) is 33.2 Å². The van der Waals surface area contributed by atoms with E-state index >= 15 is 0 Å². The Kier molecular flexibility index (Phi) is 49.2.